The van der Waals surface area contributed by atoms with E-state index in [-0.39, 0.29) is 10.8 Å². The zero-order valence-electron chi connectivity index (χ0n) is 19.4. The number of nitrogens with zero attached hydrogens (tertiary/aromatic N) is 3. The normalized spacial score (nSPS) is 14.8. The Kier molecular flexibility index (Phi) is 8.28. The molecule has 0 spiro atoms. The molecular weight excluding hydrogens is 491 g/mol. The first-order chi connectivity index (χ1) is 17.3. The van der Waals surface area contributed by atoms with Crippen LogP contribution >= 0.6 is 11.6 Å². The smallest absolute Gasteiger partial charge is 0.417 e. The highest BCUT2D eigenvalue weighted by molar-refractivity contribution is 6.33. The Bertz CT molecular complexity index is 1190. The van der Waals surface area contributed by atoms with Crippen LogP contribution in [0.1, 0.15) is 21.5 Å². The fraction of sp³-hybridized carbons (Fsp3) is 0.259. The second-order valence-corrected chi connectivity index (χ2v) is 8.74. The number of anilines is 1. The number of aromatic nitrogens is 1. The lowest BCUT2D eigenvalue weighted by molar-refractivity contribution is -0.137. The predicted octanol–water partition coefficient (Wildman–Crippen LogP) is 5.85. The van der Waals surface area contributed by atoms with Gasteiger partial charge in [-0.15, -0.1) is 0 Å². The fourth-order valence-electron chi connectivity index (χ4n) is 3.84. The highest BCUT2D eigenvalue weighted by Crippen LogP contribution is 2.33. The lowest BCUT2D eigenvalue weighted by atomic mass is 10.1. The molecule has 3 aromatic rings. The molecule has 0 atom stereocenters. The number of hydrogen-bond acceptors (Lipinski definition) is 5. The van der Waals surface area contributed by atoms with E-state index in [0.29, 0.717) is 31.1 Å². The molecule has 1 aliphatic rings. The largest absolute Gasteiger partial charge is 0.492 e. The summed E-state index contributed by atoms with van der Waals surface area (Å²) in [4.78, 5) is 20.2. The standard InChI is InChI=1S/C27H25ClF3N3O2/c28-24-18-22(27(29,30)31)19-32-26(24)34-14-12-33(13-15-34)16-17-36-23-9-6-20(7-10-23)8-11-25(35)21-4-2-1-3-5-21/h1-11,18-19H,12-17H2/b11-8-. The van der Waals surface area contributed by atoms with Gasteiger partial charge >= 0.3 is 6.18 Å². The highest BCUT2D eigenvalue weighted by Gasteiger charge is 2.32. The summed E-state index contributed by atoms with van der Waals surface area (Å²) in [5.41, 5.74) is 0.698. The Hall–Kier alpha value is -3.36. The molecule has 2 heterocycles. The third-order valence-corrected chi connectivity index (χ3v) is 6.14. The van der Waals surface area contributed by atoms with Crippen molar-refractivity contribution in [2.75, 3.05) is 44.2 Å². The quantitative estimate of drug-likeness (QED) is 0.278. The first kappa shape index (κ1) is 25.7. The van der Waals surface area contributed by atoms with Gasteiger partial charge in [-0.3, -0.25) is 9.69 Å². The summed E-state index contributed by atoms with van der Waals surface area (Å²) in [6, 6.07) is 17.5. The fourth-order valence-corrected chi connectivity index (χ4v) is 4.13. The first-order valence-corrected chi connectivity index (χ1v) is 11.9. The summed E-state index contributed by atoms with van der Waals surface area (Å²) in [5.74, 6) is 1.06. The molecule has 188 valence electrons. The number of alkyl halides is 3. The van der Waals surface area contributed by atoms with Crippen LogP contribution in [-0.2, 0) is 6.18 Å². The lowest BCUT2D eigenvalue weighted by Crippen LogP contribution is -2.47. The number of pyridine rings is 1. The number of carbonyl (C=O) groups excluding carboxylic acids is 1. The van der Waals surface area contributed by atoms with Gasteiger partial charge in [-0.1, -0.05) is 60.1 Å². The van der Waals surface area contributed by atoms with Crippen LogP contribution in [0, 0.1) is 0 Å². The Morgan fingerprint density at radius 2 is 1.72 bits per heavy atom. The minimum atomic E-state index is -4.47. The molecule has 0 unspecified atom stereocenters. The number of allylic oxidation sites excluding steroid dienone is 1. The van der Waals surface area contributed by atoms with E-state index in [1.807, 2.05) is 47.4 Å². The SMILES string of the molecule is O=C(/C=C\c1ccc(OCCN2CCN(c3ncc(C(F)(F)F)cc3Cl)CC2)cc1)c1ccccc1. The minimum absolute atomic E-state index is 0.00401. The summed E-state index contributed by atoms with van der Waals surface area (Å²) in [6.45, 7) is 3.89. The molecule has 0 aliphatic carbocycles. The Morgan fingerprint density at radius 3 is 2.36 bits per heavy atom. The molecule has 0 radical (unpaired) electrons. The Morgan fingerprint density at radius 1 is 1.03 bits per heavy atom. The maximum Gasteiger partial charge on any atom is 0.417 e. The summed E-state index contributed by atoms with van der Waals surface area (Å²) in [5, 5.41) is 0.00401. The van der Waals surface area contributed by atoms with Crippen LogP contribution < -0.4 is 9.64 Å². The molecule has 1 saturated heterocycles. The van der Waals surface area contributed by atoms with Crippen LogP contribution in [0.15, 0.2) is 72.9 Å². The first-order valence-electron chi connectivity index (χ1n) is 11.5. The van der Waals surface area contributed by atoms with Crippen molar-refractivity contribution in [1.29, 1.82) is 0 Å². The van der Waals surface area contributed by atoms with Crippen molar-refractivity contribution in [3.63, 3.8) is 0 Å². The van der Waals surface area contributed by atoms with Gasteiger partial charge in [0.1, 0.15) is 18.2 Å². The monoisotopic (exact) mass is 515 g/mol. The van der Waals surface area contributed by atoms with Crippen molar-refractivity contribution in [2.24, 2.45) is 0 Å². The average Bonchev–Trinajstić information content (AvgIpc) is 2.88. The third-order valence-electron chi connectivity index (χ3n) is 5.86. The molecule has 0 N–H and O–H groups in total. The van der Waals surface area contributed by atoms with E-state index in [9.17, 15) is 18.0 Å². The van der Waals surface area contributed by atoms with E-state index >= 15 is 0 Å². The molecular formula is C27H25ClF3N3O2. The molecule has 1 aromatic heterocycles. The zero-order valence-corrected chi connectivity index (χ0v) is 20.2. The molecule has 9 heteroatoms. The number of ether oxygens (including phenoxy) is 1. The lowest BCUT2D eigenvalue weighted by Gasteiger charge is -2.35. The van der Waals surface area contributed by atoms with Crippen molar-refractivity contribution in [3.8, 4) is 5.75 Å². The molecule has 4 rings (SSSR count). The van der Waals surface area contributed by atoms with Gasteiger partial charge in [-0.2, -0.15) is 13.2 Å². The Balaban J connectivity index is 1.20. The van der Waals surface area contributed by atoms with E-state index in [2.05, 4.69) is 9.88 Å². The van der Waals surface area contributed by atoms with E-state index in [4.69, 9.17) is 16.3 Å². The molecule has 2 aromatic carbocycles. The van der Waals surface area contributed by atoms with E-state index in [0.717, 1.165) is 43.2 Å². The molecule has 0 bridgehead atoms. The summed E-state index contributed by atoms with van der Waals surface area (Å²) < 4.78 is 44.3. The molecule has 1 aliphatic heterocycles. The molecule has 0 saturated carbocycles. The highest BCUT2D eigenvalue weighted by atomic mass is 35.5. The van der Waals surface area contributed by atoms with Crippen molar-refractivity contribution < 1.29 is 22.7 Å². The summed E-state index contributed by atoms with van der Waals surface area (Å²) >= 11 is 6.07. The van der Waals surface area contributed by atoms with Crippen LogP contribution in [0.4, 0.5) is 19.0 Å². The van der Waals surface area contributed by atoms with Gasteiger partial charge in [0.05, 0.1) is 10.6 Å². The maximum atomic E-state index is 12.8. The minimum Gasteiger partial charge on any atom is -0.492 e. The van der Waals surface area contributed by atoms with E-state index in [1.54, 1.807) is 24.3 Å². The predicted molar refractivity (Wildman–Crippen MR) is 135 cm³/mol. The van der Waals surface area contributed by atoms with Gasteiger partial charge < -0.3 is 9.64 Å². The number of ketones is 1. The van der Waals surface area contributed by atoms with Gasteiger partial charge in [-0.25, -0.2) is 4.98 Å². The zero-order chi connectivity index (χ0) is 25.5. The van der Waals surface area contributed by atoms with Crippen molar-refractivity contribution in [3.05, 3.63) is 94.6 Å². The van der Waals surface area contributed by atoms with Crippen LogP contribution in [0.2, 0.25) is 5.02 Å². The van der Waals surface area contributed by atoms with E-state index < -0.39 is 11.7 Å². The Labute approximate surface area is 212 Å². The molecule has 5 nitrogen and oxygen atoms in total. The summed E-state index contributed by atoms with van der Waals surface area (Å²) in [6.07, 6.45) is -0.315. The number of hydrogen-bond donors (Lipinski definition) is 0. The molecule has 1 fully saturated rings. The second-order valence-electron chi connectivity index (χ2n) is 8.34. The number of carbonyl (C=O) groups is 1. The van der Waals surface area contributed by atoms with Crippen molar-refractivity contribution in [2.45, 2.75) is 6.18 Å². The van der Waals surface area contributed by atoms with Crippen LogP contribution in [0.25, 0.3) is 6.08 Å². The van der Waals surface area contributed by atoms with E-state index in [1.165, 1.54) is 0 Å². The number of rotatable bonds is 8. The topological polar surface area (TPSA) is 45.7 Å². The molecule has 36 heavy (non-hydrogen) atoms. The number of benzene rings is 2. The number of piperazine rings is 1. The second kappa shape index (κ2) is 11.6. The van der Waals surface area contributed by atoms with Gasteiger partial charge in [0.15, 0.2) is 5.78 Å². The van der Waals surface area contributed by atoms with Crippen molar-refractivity contribution in [1.82, 2.24) is 9.88 Å². The van der Waals surface area contributed by atoms with Gasteiger partial charge in [0.25, 0.3) is 0 Å². The van der Waals surface area contributed by atoms with Gasteiger partial charge in [0, 0.05) is 44.5 Å². The summed E-state index contributed by atoms with van der Waals surface area (Å²) in [7, 11) is 0. The van der Waals surface area contributed by atoms with Crippen molar-refractivity contribution >= 4 is 29.3 Å². The van der Waals surface area contributed by atoms with Crippen LogP contribution in [0.5, 0.6) is 5.75 Å². The van der Waals surface area contributed by atoms with Crippen LogP contribution in [-0.4, -0.2) is 55.0 Å². The maximum absolute atomic E-state index is 12.8. The average molecular weight is 516 g/mol. The van der Waals surface area contributed by atoms with Crippen LogP contribution in [0.3, 0.4) is 0 Å². The third kappa shape index (κ3) is 6.86. The number of halogens is 4. The van der Waals surface area contributed by atoms with Gasteiger partial charge in [-0.05, 0) is 29.8 Å². The van der Waals surface area contributed by atoms with Gasteiger partial charge in [0.2, 0.25) is 0 Å². The molecule has 0 amide bonds.